The van der Waals surface area contributed by atoms with Crippen LogP contribution in [0.25, 0.3) is 10.9 Å². The number of halogens is 1. The lowest BCUT2D eigenvalue weighted by Crippen LogP contribution is -2.28. The summed E-state index contributed by atoms with van der Waals surface area (Å²) in [5.74, 6) is 0.335. The van der Waals surface area contributed by atoms with Crippen molar-refractivity contribution in [2.24, 2.45) is 0 Å². The third-order valence-corrected chi connectivity index (χ3v) is 6.64. The van der Waals surface area contributed by atoms with Gasteiger partial charge in [-0.1, -0.05) is 30.2 Å². The summed E-state index contributed by atoms with van der Waals surface area (Å²) in [6.45, 7) is 4.35. The van der Waals surface area contributed by atoms with Crippen LogP contribution in [0.1, 0.15) is 53.6 Å². The fraction of sp³-hybridized carbons (Fsp3) is 0.417. The van der Waals surface area contributed by atoms with Crippen LogP contribution < -0.4 is 0 Å². The highest BCUT2D eigenvalue weighted by atomic mass is 19.1. The van der Waals surface area contributed by atoms with Gasteiger partial charge in [-0.25, -0.2) is 4.39 Å². The van der Waals surface area contributed by atoms with Gasteiger partial charge < -0.3 is 9.47 Å². The number of likely N-dealkylation sites (N-methyl/N-ethyl adjacent to an activating group) is 1. The predicted octanol–water partition coefficient (Wildman–Crippen LogP) is 5.59. The first-order valence-electron chi connectivity index (χ1n) is 10.2. The van der Waals surface area contributed by atoms with Crippen molar-refractivity contribution in [3.05, 3.63) is 70.7 Å². The number of hydrogen-bond donors (Lipinski definition) is 0. The van der Waals surface area contributed by atoms with Gasteiger partial charge in [0, 0.05) is 48.1 Å². The van der Waals surface area contributed by atoms with Crippen LogP contribution in [0.5, 0.6) is 0 Å². The molecule has 3 aromatic rings. The summed E-state index contributed by atoms with van der Waals surface area (Å²) in [6.07, 6.45) is 4.76. The number of aryl methyl sites for hydroxylation is 1. The lowest BCUT2D eigenvalue weighted by Gasteiger charge is -2.29. The van der Waals surface area contributed by atoms with Gasteiger partial charge in [0.05, 0.1) is 0 Å². The van der Waals surface area contributed by atoms with Crippen molar-refractivity contribution in [2.75, 3.05) is 13.6 Å². The van der Waals surface area contributed by atoms with Crippen molar-refractivity contribution >= 4 is 10.9 Å². The Kier molecular flexibility index (Phi) is 4.08. The number of hydrogen-bond acceptors (Lipinski definition) is 1. The van der Waals surface area contributed by atoms with Gasteiger partial charge in [-0.3, -0.25) is 0 Å². The molecule has 2 aliphatic rings. The van der Waals surface area contributed by atoms with Crippen molar-refractivity contribution in [1.82, 2.24) is 9.47 Å². The maximum Gasteiger partial charge on any atom is 0.123 e. The molecule has 2 heterocycles. The Labute approximate surface area is 160 Å². The van der Waals surface area contributed by atoms with E-state index < -0.39 is 0 Å². The van der Waals surface area contributed by atoms with Crippen molar-refractivity contribution in [3.8, 4) is 0 Å². The quantitative estimate of drug-likeness (QED) is 0.577. The third kappa shape index (κ3) is 2.80. The largest absolute Gasteiger partial charge is 0.341 e. The Morgan fingerprint density at radius 1 is 1.04 bits per heavy atom. The summed E-state index contributed by atoms with van der Waals surface area (Å²) in [6, 6.07) is 14.6. The van der Waals surface area contributed by atoms with Gasteiger partial charge in [0.1, 0.15) is 5.82 Å². The minimum Gasteiger partial charge on any atom is -0.341 e. The highest BCUT2D eigenvalue weighted by Crippen LogP contribution is 2.46. The predicted molar refractivity (Wildman–Crippen MR) is 109 cm³/mol. The molecule has 0 N–H and O–H groups in total. The Balaban J connectivity index is 1.67. The van der Waals surface area contributed by atoms with E-state index in [2.05, 4.69) is 41.6 Å². The van der Waals surface area contributed by atoms with Gasteiger partial charge in [0.25, 0.3) is 0 Å². The standard InChI is InChI=1S/C24H27FN2/c1-16-6-11-23-20(14-16)21-15-26(2)13-12-24(21)27(23)22-5-3-4-19(22)17-7-9-18(25)10-8-17/h6-11,14,19,22H,3-5,12-13,15H2,1-2H3. The van der Waals surface area contributed by atoms with E-state index in [-0.39, 0.29) is 5.82 Å². The van der Waals surface area contributed by atoms with Gasteiger partial charge in [0.15, 0.2) is 0 Å². The summed E-state index contributed by atoms with van der Waals surface area (Å²) in [5.41, 5.74) is 7.06. The van der Waals surface area contributed by atoms with E-state index in [1.807, 2.05) is 12.1 Å². The zero-order chi connectivity index (χ0) is 18.5. The summed E-state index contributed by atoms with van der Waals surface area (Å²) in [7, 11) is 2.22. The Bertz CT molecular complexity index is 986. The van der Waals surface area contributed by atoms with Crippen LogP contribution in [0.2, 0.25) is 0 Å². The molecule has 5 rings (SSSR count). The van der Waals surface area contributed by atoms with E-state index in [0.29, 0.717) is 12.0 Å². The molecule has 27 heavy (non-hydrogen) atoms. The molecule has 0 saturated heterocycles. The van der Waals surface area contributed by atoms with Crippen LogP contribution in [-0.2, 0) is 13.0 Å². The Morgan fingerprint density at radius 2 is 1.85 bits per heavy atom. The van der Waals surface area contributed by atoms with Crippen LogP contribution in [0.3, 0.4) is 0 Å². The van der Waals surface area contributed by atoms with E-state index in [1.165, 1.54) is 52.5 Å². The second kappa shape index (κ2) is 6.49. The molecule has 0 bridgehead atoms. The van der Waals surface area contributed by atoms with Crippen LogP contribution in [-0.4, -0.2) is 23.1 Å². The summed E-state index contributed by atoms with van der Waals surface area (Å²) < 4.78 is 16.1. The zero-order valence-electron chi connectivity index (χ0n) is 16.2. The smallest absolute Gasteiger partial charge is 0.123 e. The molecule has 1 aliphatic carbocycles. The van der Waals surface area contributed by atoms with Crippen molar-refractivity contribution in [2.45, 2.75) is 51.1 Å². The van der Waals surface area contributed by atoms with Gasteiger partial charge in [-0.05, 0) is 62.2 Å². The van der Waals surface area contributed by atoms with Gasteiger partial charge >= 0.3 is 0 Å². The molecule has 3 heteroatoms. The first-order valence-corrected chi connectivity index (χ1v) is 10.2. The Morgan fingerprint density at radius 3 is 2.67 bits per heavy atom. The second-order valence-electron chi connectivity index (χ2n) is 8.46. The van der Waals surface area contributed by atoms with E-state index in [0.717, 1.165) is 19.5 Å². The molecular formula is C24H27FN2. The van der Waals surface area contributed by atoms with Crippen molar-refractivity contribution in [1.29, 1.82) is 0 Å². The van der Waals surface area contributed by atoms with Crippen LogP contribution in [0, 0.1) is 12.7 Å². The lowest BCUT2D eigenvalue weighted by atomic mass is 9.93. The molecule has 1 saturated carbocycles. The van der Waals surface area contributed by atoms with Crippen molar-refractivity contribution in [3.63, 3.8) is 0 Å². The summed E-state index contributed by atoms with van der Waals surface area (Å²) in [4.78, 5) is 2.43. The zero-order valence-corrected chi connectivity index (χ0v) is 16.2. The number of aromatic nitrogens is 1. The van der Waals surface area contributed by atoms with Gasteiger partial charge in [-0.2, -0.15) is 0 Å². The van der Waals surface area contributed by atoms with Crippen molar-refractivity contribution < 1.29 is 4.39 Å². The van der Waals surface area contributed by atoms with E-state index >= 15 is 0 Å². The maximum absolute atomic E-state index is 13.4. The summed E-state index contributed by atoms with van der Waals surface area (Å²) >= 11 is 0. The number of rotatable bonds is 2. The lowest BCUT2D eigenvalue weighted by molar-refractivity contribution is 0.305. The highest BCUT2D eigenvalue weighted by molar-refractivity contribution is 5.86. The topological polar surface area (TPSA) is 8.17 Å². The fourth-order valence-electron chi connectivity index (χ4n) is 5.37. The average Bonchev–Trinajstić information content (AvgIpc) is 3.24. The molecule has 0 spiro atoms. The van der Waals surface area contributed by atoms with Crippen LogP contribution >= 0.6 is 0 Å². The third-order valence-electron chi connectivity index (χ3n) is 6.64. The molecule has 2 unspecified atom stereocenters. The SMILES string of the molecule is Cc1ccc2c(c1)c1c(n2C2CCCC2c2ccc(F)cc2)CCN(C)C1. The fourth-order valence-corrected chi connectivity index (χ4v) is 5.37. The molecule has 0 radical (unpaired) electrons. The average molecular weight is 362 g/mol. The monoisotopic (exact) mass is 362 g/mol. The molecule has 1 aliphatic heterocycles. The number of benzene rings is 2. The van der Waals surface area contributed by atoms with E-state index in [4.69, 9.17) is 0 Å². The minimum atomic E-state index is -0.143. The molecule has 1 aromatic heterocycles. The van der Waals surface area contributed by atoms with Gasteiger partial charge in [0.2, 0.25) is 0 Å². The summed E-state index contributed by atoms with van der Waals surface area (Å²) in [5, 5.41) is 1.43. The van der Waals surface area contributed by atoms with E-state index in [1.54, 1.807) is 12.1 Å². The molecular weight excluding hydrogens is 335 g/mol. The molecule has 0 amide bonds. The second-order valence-corrected chi connectivity index (χ2v) is 8.46. The minimum absolute atomic E-state index is 0.143. The highest BCUT2D eigenvalue weighted by Gasteiger charge is 2.34. The molecule has 2 atom stereocenters. The molecule has 140 valence electrons. The number of fused-ring (bicyclic) bond motifs is 3. The van der Waals surface area contributed by atoms with E-state index in [9.17, 15) is 4.39 Å². The normalized spacial score (nSPS) is 23.1. The van der Waals surface area contributed by atoms with Gasteiger partial charge in [-0.15, -0.1) is 0 Å². The first kappa shape index (κ1) is 17.0. The first-order chi connectivity index (χ1) is 13.1. The molecule has 2 nitrogen and oxygen atoms in total. The number of nitrogens with zero attached hydrogens (tertiary/aromatic N) is 2. The Hall–Kier alpha value is -2.13. The maximum atomic E-state index is 13.4. The molecule has 2 aromatic carbocycles. The van der Waals surface area contributed by atoms with Crippen LogP contribution in [0.4, 0.5) is 4.39 Å². The van der Waals surface area contributed by atoms with Crippen LogP contribution in [0.15, 0.2) is 42.5 Å². The molecule has 1 fully saturated rings.